The molecule has 12 heteroatoms. The Morgan fingerprint density at radius 3 is 2.83 bits per heavy atom. The van der Waals surface area contributed by atoms with Gasteiger partial charge in [0.2, 0.25) is 11.0 Å². The van der Waals surface area contributed by atoms with Crippen LogP contribution in [0.5, 0.6) is 11.5 Å². The van der Waals surface area contributed by atoms with Crippen molar-refractivity contribution in [2.45, 2.75) is 11.3 Å². The molecule has 0 aliphatic heterocycles. The van der Waals surface area contributed by atoms with E-state index in [1.165, 1.54) is 38.4 Å². The van der Waals surface area contributed by atoms with Crippen LogP contribution in [0.15, 0.2) is 27.6 Å². The zero-order valence-corrected chi connectivity index (χ0v) is 14.2. The third kappa shape index (κ3) is 4.39. The SMILES string of the molecule is COc1cc(/C=N/NS(=O)(=O)c2nnc(NC(C)=O)s2)ccc1O. The van der Waals surface area contributed by atoms with E-state index in [0.29, 0.717) is 16.9 Å². The maximum absolute atomic E-state index is 12.0. The molecule has 0 saturated heterocycles. The lowest BCUT2D eigenvalue weighted by Crippen LogP contribution is -2.18. The minimum Gasteiger partial charge on any atom is -0.504 e. The molecule has 0 saturated carbocycles. The predicted molar refractivity (Wildman–Crippen MR) is 86.8 cm³/mol. The Bertz CT molecular complexity index is 878. The number of nitrogens with one attached hydrogen (secondary N) is 2. The maximum Gasteiger partial charge on any atom is 0.305 e. The highest BCUT2D eigenvalue weighted by molar-refractivity contribution is 7.91. The van der Waals surface area contributed by atoms with Gasteiger partial charge >= 0.3 is 10.0 Å². The molecular formula is C12H13N5O5S2. The van der Waals surface area contributed by atoms with Crippen LogP contribution >= 0.6 is 11.3 Å². The molecule has 10 nitrogen and oxygen atoms in total. The van der Waals surface area contributed by atoms with Crippen LogP contribution in [0.4, 0.5) is 5.13 Å². The summed E-state index contributed by atoms with van der Waals surface area (Å²) >= 11 is 0.691. The van der Waals surface area contributed by atoms with Crippen LogP contribution in [0.3, 0.4) is 0 Å². The number of hydrogen-bond acceptors (Lipinski definition) is 9. The van der Waals surface area contributed by atoms with Gasteiger partial charge in [0.1, 0.15) is 0 Å². The number of aromatic hydroxyl groups is 1. The first-order valence-electron chi connectivity index (χ1n) is 6.35. The van der Waals surface area contributed by atoms with Crippen molar-refractivity contribution in [3.63, 3.8) is 0 Å². The summed E-state index contributed by atoms with van der Waals surface area (Å²) in [5.41, 5.74) is 0.503. The summed E-state index contributed by atoms with van der Waals surface area (Å²) < 4.78 is 28.6. The lowest BCUT2D eigenvalue weighted by atomic mass is 10.2. The highest BCUT2D eigenvalue weighted by Crippen LogP contribution is 2.25. The lowest BCUT2D eigenvalue weighted by Gasteiger charge is -2.03. The fourth-order valence-electron chi connectivity index (χ4n) is 1.50. The number of benzene rings is 1. The molecule has 0 aliphatic carbocycles. The Labute approximate surface area is 141 Å². The fraction of sp³-hybridized carbons (Fsp3) is 0.167. The monoisotopic (exact) mass is 371 g/mol. The number of hydrogen-bond donors (Lipinski definition) is 3. The predicted octanol–water partition coefficient (Wildman–Crippen LogP) is 0.523. The summed E-state index contributed by atoms with van der Waals surface area (Å²) in [6.45, 7) is 1.27. The number of sulfonamides is 1. The molecule has 0 atom stereocenters. The van der Waals surface area contributed by atoms with Crippen LogP contribution in [-0.2, 0) is 14.8 Å². The van der Waals surface area contributed by atoms with E-state index in [4.69, 9.17) is 4.74 Å². The topological polar surface area (TPSA) is 143 Å². The first-order valence-corrected chi connectivity index (χ1v) is 8.65. The number of nitrogens with zero attached hydrogens (tertiary/aromatic N) is 3. The molecule has 1 amide bonds. The molecular weight excluding hydrogens is 358 g/mol. The van der Waals surface area contributed by atoms with Gasteiger partial charge in [-0.25, -0.2) is 0 Å². The standard InChI is InChI=1S/C12H13N5O5S2/c1-7(18)14-11-15-16-12(23-11)24(20,21)17-13-6-8-3-4-9(19)10(5-8)22-2/h3-6,17,19H,1-2H3,(H,14,15,18)/b13-6+. The Balaban J connectivity index is 2.09. The van der Waals surface area contributed by atoms with Crippen molar-refractivity contribution in [3.05, 3.63) is 23.8 Å². The van der Waals surface area contributed by atoms with E-state index in [0.717, 1.165) is 0 Å². The van der Waals surface area contributed by atoms with E-state index < -0.39 is 10.0 Å². The largest absolute Gasteiger partial charge is 0.504 e. The zero-order chi connectivity index (χ0) is 17.7. The van der Waals surface area contributed by atoms with Crippen LogP contribution in [-0.4, -0.2) is 43.0 Å². The number of carbonyl (C=O) groups excluding carboxylic acids is 1. The third-order valence-electron chi connectivity index (χ3n) is 2.51. The van der Waals surface area contributed by atoms with Gasteiger partial charge < -0.3 is 15.2 Å². The molecule has 0 aliphatic rings. The zero-order valence-electron chi connectivity index (χ0n) is 12.5. The van der Waals surface area contributed by atoms with E-state index in [2.05, 4.69) is 20.6 Å². The van der Waals surface area contributed by atoms with Crippen LogP contribution in [0.25, 0.3) is 0 Å². The Morgan fingerprint density at radius 2 is 2.17 bits per heavy atom. The number of aromatic nitrogens is 2. The minimum absolute atomic E-state index is 0.0467. The van der Waals surface area contributed by atoms with Gasteiger partial charge in [0.05, 0.1) is 13.3 Å². The van der Waals surface area contributed by atoms with Crippen molar-refractivity contribution < 1.29 is 23.1 Å². The molecule has 2 aromatic rings. The van der Waals surface area contributed by atoms with Gasteiger partial charge in [-0.1, -0.05) is 11.3 Å². The van der Waals surface area contributed by atoms with Gasteiger partial charge in [-0.3, -0.25) is 4.79 Å². The Morgan fingerprint density at radius 1 is 1.42 bits per heavy atom. The second-order valence-electron chi connectivity index (χ2n) is 4.34. The van der Waals surface area contributed by atoms with Crippen molar-refractivity contribution >= 4 is 38.6 Å². The van der Waals surface area contributed by atoms with Crippen LogP contribution in [0.2, 0.25) is 0 Å². The van der Waals surface area contributed by atoms with Gasteiger partial charge in [0, 0.05) is 6.92 Å². The second-order valence-corrected chi connectivity index (χ2v) is 7.15. The van der Waals surface area contributed by atoms with Crippen molar-refractivity contribution in [1.29, 1.82) is 0 Å². The number of phenols is 1. The molecule has 0 radical (unpaired) electrons. The second kappa shape index (κ2) is 7.23. The van der Waals surface area contributed by atoms with Crippen LogP contribution in [0.1, 0.15) is 12.5 Å². The molecule has 1 heterocycles. The van der Waals surface area contributed by atoms with E-state index >= 15 is 0 Å². The van der Waals surface area contributed by atoms with Gasteiger partial charge in [-0.2, -0.15) is 18.4 Å². The summed E-state index contributed by atoms with van der Waals surface area (Å²) in [7, 11) is -2.61. The van der Waals surface area contributed by atoms with Crippen molar-refractivity contribution in [3.8, 4) is 11.5 Å². The number of anilines is 1. The molecule has 0 fully saturated rings. The first kappa shape index (κ1) is 17.6. The quantitative estimate of drug-likeness (QED) is 0.382. The normalized spacial score (nSPS) is 11.4. The maximum atomic E-state index is 12.0. The molecule has 0 bridgehead atoms. The van der Waals surface area contributed by atoms with Crippen molar-refractivity contribution in [1.82, 2.24) is 15.0 Å². The van der Waals surface area contributed by atoms with Gasteiger partial charge in [0.25, 0.3) is 4.34 Å². The van der Waals surface area contributed by atoms with Crippen LogP contribution in [0, 0.1) is 0 Å². The Hall–Kier alpha value is -2.73. The molecule has 3 N–H and O–H groups in total. The van der Waals surface area contributed by atoms with E-state index in [-0.39, 0.29) is 26.9 Å². The van der Waals surface area contributed by atoms with Crippen molar-refractivity contribution in [2.24, 2.45) is 5.10 Å². The highest BCUT2D eigenvalue weighted by atomic mass is 32.2. The average molecular weight is 371 g/mol. The van der Waals surface area contributed by atoms with E-state index in [1.54, 1.807) is 0 Å². The summed E-state index contributed by atoms with van der Waals surface area (Å²) in [6.07, 6.45) is 1.23. The lowest BCUT2D eigenvalue weighted by molar-refractivity contribution is -0.114. The summed E-state index contributed by atoms with van der Waals surface area (Å²) in [4.78, 5) is 12.9. The minimum atomic E-state index is -4.00. The number of hydrazone groups is 1. The number of phenolic OH excluding ortho intramolecular Hbond substituents is 1. The number of rotatable bonds is 6. The van der Waals surface area contributed by atoms with Gasteiger partial charge in [-0.05, 0) is 23.8 Å². The number of ether oxygens (including phenoxy) is 1. The van der Waals surface area contributed by atoms with Gasteiger partial charge in [-0.15, -0.1) is 10.2 Å². The first-order chi connectivity index (χ1) is 11.3. The molecule has 0 unspecified atom stereocenters. The summed E-state index contributed by atoms with van der Waals surface area (Å²) in [5, 5.41) is 22.5. The molecule has 24 heavy (non-hydrogen) atoms. The Kier molecular flexibility index (Phi) is 5.31. The van der Waals surface area contributed by atoms with E-state index in [9.17, 15) is 18.3 Å². The molecule has 1 aromatic carbocycles. The molecule has 0 spiro atoms. The molecule has 128 valence electrons. The summed E-state index contributed by atoms with van der Waals surface area (Å²) in [5.74, 6) is -0.206. The molecule has 1 aromatic heterocycles. The smallest absolute Gasteiger partial charge is 0.305 e. The van der Waals surface area contributed by atoms with Gasteiger partial charge in [0.15, 0.2) is 11.5 Å². The van der Waals surface area contributed by atoms with E-state index in [1.807, 2.05) is 4.83 Å². The number of amides is 1. The number of carbonyl (C=O) groups is 1. The average Bonchev–Trinajstić information content (AvgIpc) is 2.97. The third-order valence-corrected chi connectivity index (χ3v) is 4.94. The highest BCUT2D eigenvalue weighted by Gasteiger charge is 2.19. The molecule has 2 rings (SSSR count). The van der Waals surface area contributed by atoms with Crippen molar-refractivity contribution in [2.75, 3.05) is 12.4 Å². The summed E-state index contributed by atoms with van der Waals surface area (Å²) in [6, 6.07) is 4.39. The number of methoxy groups -OCH3 is 1. The van der Waals surface area contributed by atoms with Crippen LogP contribution < -0.4 is 14.9 Å². The fourth-order valence-corrected chi connectivity index (χ4v) is 3.23.